The predicted octanol–water partition coefficient (Wildman–Crippen LogP) is 3.01. The number of rotatable bonds is 3. The van der Waals surface area contributed by atoms with Gasteiger partial charge in [0.1, 0.15) is 5.82 Å². The summed E-state index contributed by atoms with van der Waals surface area (Å²) in [6.45, 7) is 2.95. The Bertz CT molecular complexity index is 603. The summed E-state index contributed by atoms with van der Waals surface area (Å²) in [4.78, 5) is 28.9. The van der Waals surface area contributed by atoms with Crippen molar-refractivity contribution < 1.29 is 14.0 Å². The lowest BCUT2D eigenvalue weighted by Gasteiger charge is -2.34. The zero-order valence-corrected chi connectivity index (χ0v) is 14.8. The summed E-state index contributed by atoms with van der Waals surface area (Å²) in [5, 5.41) is 0. The summed E-state index contributed by atoms with van der Waals surface area (Å²) in [7, 11) is 0. The molecule has 2 fully saturated rings. The highest BCUT2D eigenvalue weighted by molar-refractivity contribution is 5.81. The SMILES string of the molecule is O=C(Cc1ccccc1F)N1CCC(C(=O)N2CCCCCC2)CC1. The number of benzene rings is 1. The van der Waals surface area contributed by atoms with E-state index in [9.17, 15) is 14.0 Å². The molecule has 0 spiro atoms. The summed E-state index contributed by atoms with van der Waals surface area (Å²) in [6.07, 6.45) is 6.17. The van der Waals surface area contributed by atoms with Gasteiger partial charge in [0.2, 0.25) is 11.8 Å². The Balaban J connectivity index is 1.50. The van der Waals surface area contributed by atoms with E-state index in [0.717, 1.165) is 38.8 Å². The first-order valence-corrected chi connectivity index (χ1v) is 9.45. The number of carbonyl (C=O) groups is 2. The zero-order chi connectivity index (χ0) is 17.6. The third-order valence-corrected chi connectivity index (χ3v) is 5.41. The van der Waals surface area contributed by atoms with Crippen LogP contribution in [0.4, 0.5) is 4.39 Å². The summed E-state index contributed by atoms with van der Waals surface area (Å²) < 4.78 is 13.7. The Hall–Kier alpha value is -1.91. The fourth-order valence-corrected chi connectivity index (χ4v) is 3.84. The van der Waals surface area contributed by atoms with Crippen LogP contribution in [0.1, 0.15) is 44.1 Å². The van der Waals surface area contributed by atoms with Gasteiger partial charge in [-0.05, 0) is 37.3 Å². The van der Waals surface area contributed by atoms with Crippen LogP contribution >= 0.6 is 0 Å². The number of piperidine rings is 1. The summed E-state index contributed by atoms with van der Waals surface area (Å²) in [5.41, 5.74) is 0.440. The van der Waals surface area contributed by atoms with Gasteiger partial charge < -0.3 is 9.80 Å². The molecule has 136 valence electrons. The van der Waals surface area contributed by atoms with Crippen molar-refractivity contribution in [2.24, 2.45) is 5.92 Å². The first-order chi connectivity index (χ1) is 12.1. The number of likely N-dealkylation sites (tertiary alicyclic amines) is 2. The van der Waals surface area contributed by atoms with Crippen molar-refractivity contribution >= 4 is 11.8 Å². The number of carbonyl (C=O) groups excluding carboxylic acids is 2. The Kier molecular flexibility index (Phi) is 6.05. The molecule has 0 bridgehead atoms. The molecule has 0 unspecified atom stereocenters. The van der Waals surface area contributed by atoms with Crippen LogP contribution in [0.15, 0.2) is 24.3 Å². The number of amides is 2. The smallest absolute Gasteiger partial charge is 0.227 e. The standard InChI is InChI=1S/C20H27FN2O2/c21-18-8-4-3-7-17(18)15-19(24)22-13-9-16(10-14-22)20(25)23-11-5-1-2-6-12-23/h3-4,7-8,16H,1-2,5-6,9-15H2. The van der Waals surface area contributed by atoms with Crippen LogP contribution in [0.5, 0.6) is 0 Å². The second kappa shape index (κ2) is 8.45. The summed E-state index contributed by atoms with van der Waals surface area (Å²) in [5.74, 6) is -0.0773. The largest absolute Gasteiger partial charge is 0.342 e. The Labute approximate surface area is 149 Å². The topological polar surface area (TPSA) is 40.6 Å². The molecular formula is C20H27FN2O2. The van der Waals surface area contributed by atoms with Crippen molar-refractivity contribution in [3.63, 3.8) is 0 Å². The third-order valence-electron chi connectivity index (χ3n) is 5.41. The highest BCUT2D eigenvalue weighted by Gasteiger charge is 2.30. The minimum Gasteiger partial charge on any atom is -0.342 e. The van der Waals surface area contributed by atoms with E-state index >= 15 is 0 Å². The summed E-state index contributed by atoms with van der Waals surface area (Å²) >= 11 is 0. The average Bonchev–Trinajstić information content (AvgIpc) is 2.92. The normalized spacial score (nSPS) is 19.6. The van der Waals surface area contributed by atoms with Gasteiger partial charge in [0.15, 0.2) is 0 Å². The highest BCUT2D eigenvalue weighted by atomic mass is 19.1. The fourth-order valence-electron chi connectivity index (χ4n) is 3.84. The molecule has 0 aliphatic carbocycles. The molecule has 1 aromatic rings. The molecule has 0 saturated carbocycles. The van der Waals surface area contributed by atoms with E-state index in [1.54, 1.807) is 23.1 Å². The molecule has 2 aliphatic heterocycles. The van der Waals surface area contributed by atoms with Crippen molar-refractivity contribution in [1.29, 1.82) is 0 Å². The number of hydrogen-bond donors (Lipinski definition) is 0. The lowest BCUT2D eigenvalue weighted by Crippen LogP contribution is -2.45. The quantitative estimate of drug-likeness (QED) is 0.844. The van der Waals surface area contributed by atoms with Crippen LogP contribution in [0.2, 0.25) is 0 Å². The van der Waals surface area contributed by atoms with E-state index in [4.69, 9.17) is 0 Å². The Morgan fingerprint density at radius 3 is 2.20 bits per heavy atom. The van der Waals surface area contributed by atoms with E-state index < -0.39 is 0 Å². The van der Waals surface area contributed by atoms with Gasteiger partial charge in [-0.2, -0.15) is 0 Å². The third kappa shape index (κ3) is 4.59. The monoisotopic (exact) mass is 346 g/mol. The highest BCUT2D eigenvalue weighted by Crippen LogP contribution is 2.22. The molecule has 2 heterocycles. The maximum absolute atomic E-state index is 13.7. The van der Waals surface area contributed by atoms with Crippen molar-refractivity contribution in [3.05, 3.63) is 35.6 Å². The number of nitrogens with zero attached hydrogens (tertiary/aromatic N) is 2. The van der Waals surface area contributed by atoms with Gasteiger partial charge in [-0.3, -0.25) is 9.59 Å². The molecule has 0 aromatic heterocycles. The molecule has 2 saturated heterocycles. The molecule has 3 rings (SSSR count). The van der Waals surface area contributed by atoms with Gasteiger partial charge >= 0.3 is 0 Å². The van der Waals surface area contributed by atoms with Crippen LogP contribution in [-0.4, -0.2) is 47.8 Å². The van der Waals surface area contributed by atoms with Gasteiger partial charge in [0.25, 0.3) is 0 Å². The van der Waals surface area contributed by atoms with Crippen LogP contribution in [0, 0.1) is 11.7 Å². The zero-order valence-electron chi connectivity index (χ0n) is 14.8. The van der Waals surface area contributed by atoms with Crippen molar-refractivity contribution in [3.8, 4) is 0 Å². The molecular weight excluding hydrogens is 319 g/mol. The maximum atomic E-state index is 13.7. The molecule has 25 heavy (non-hydrogen) atoms. The van der Waals surface area contributed by atoms with Crippen LogP contribution in [0.25, 0.3) is 0 Å². The molecule has 0 atom stereocenters. The van der Waals surface area contributed by atoms with E-state index in [-0.39, 0.29) is 30.0 Å². The minimum absolute atomic E-state index is 0.0376. The lowest BCUT2D eigenvalue weighted by atomic mass is 9.94. The maximum Gasteiger partial charge on any atom is 0.227 e. The van der Waals surface area contributed by atoms with Gasteiger partial charge in [0.05, 0.1) is 6.42 Å². The second-order valence-electron chi connectivity index (χ2n) is 7.16. The predicted molar refractivity (Wildman–Crippen MR) is 94.5 cm³/mol. The average molecular weight is 346 g/mol. The van der Waals surface area contributed by atoms with Gasteiger partial charge in [-0.1, -0.05) is 31.0 Å². The molecule has 5 heteroatoms. The van der Waals surface area contributed by atoms with Crippen LogP contribution in [0.3, 0.4) is 0 Å². The molecule has 2 aliphatic rings. The van der Waals surface area contributed by atoms with E-state index in [2.05, 4.69) is 0 Å². The Morgan fingerprint density at radius 1 is 0.920 bits per heavy atom. The first-order valence-electron chi connectivity index (χ1n) is 9.45. The fraction of sp³-hybridized carbons (Fsp3) is 0.600. The molecule has 1 aromatic carbocycles. The molecule has 0 radical (unpaired) electrons. The van der Waals surface area contributed by atoms with Gasteiger partial charge in [-0.15, -0.1) is 0 Å². The second-order valence-corrected chi connectivity index (χ2v) is 7.16. The van der Waals surface area contributed by atoms with Crippen molar-refractivity contribution in [2.45, 2.75) is 44.9 Å². The van der Waals surface area contributed by atoms with E-state index in [0.29, 0.717) is 18.7 Å². The van der Waals surface area contributed by atoms with E-state index in [1.807, 2.05) is 4.90 Å². The first kappa shape index (κ1) is 17.9. The van der Waals surface area contributed by atoms with Crippen LogP contribution < -0.4 is 0 Å². The molecule has 2 amide bonds. The number of halogens is 1. The van der Waals surface area contributed by atoms with Gasteiger partial charge in [0, 0.05) is 32.1 Å². The Morgan fingerprint density at radius 2 is 1.56 bits per heavy atom. The van der Waals surface area contributed by atoms with Crippen molar-refractivity contribution in [1.82, 2.24) is 9.80 Å². The minimum atomic E-state index is -0.331. The van der Waals surface area contributed by atoms with E-state index in [1.165, 1.54) is 18.9 Å². The lowest BCUT2D eigenvalue weighted by molar-refractivity contribution is -0.140. The van der Waals surface area contributed by atoms with Crippen LogP contribution in [-0.2, 0) is 16.0 Å². The summed E-state index contributed by atoms with van der Waals surface area (Å²) in [6, 6.07) is 6.42. The van der Waals surface area contributed by atoms with Gasteiger partial charge in [-0.25, -0.2) is 4.39 Å². The number of hydrogen-bond acceptors (Lipinski definition) is 2. The molecule has 0 N–H and O–H groups in total. The van der Waals surface area contributed by atoms with Crippen molar-refractivity contribution in [2.75, 3.05) is 26.2 Å². The molecule has 4 nitrogen and oxygen atoms in total.